The first kappa shape index (κ1) is 11.3. The molecular formula is C14H13NO2. The van der Waals surface area contributed by atoms with Crippen LogP contribution in [0.2, 0.25) is 0 Å². The number of rotatable bonds is 2. The summed E-state index contributed by atoms with van der Waals surface area (Å²) in [6, 6.07) is 13.2. The highest BCUT2D eigenvalue weighted by atomic mass is 16.6. The Kier molecular flexibility index (Phi) is 2.91. The van der Waals surface area contributed by atoms with Crippen LogP contribution < -0.4 is 0 Å². The maximum atomic E-state index is 11.2. The number of aryl methyl sites for hydroxylation is 1. The van der Waals surface area contributed by atoms with E-state index >= 15 is 0 Å². The van der Waals surface area contributed by atoms with Crippen LogP contribution in [0.25, 0.3) is 11.1 Å². The maximum Gasteiger partial charge on any atom is 0.280 e. The smallest absolute Gasteiger partial charge is 0.258 e. The fourth-order valence-corrected chi connectivity index (χ4v) is 1.89. The summed E-state index contributed by atoms with van der Waals surface area (Å²) in [4.78, 5) is 10.9. The van der Waals surface area contributed by atoms with Crippen molar-refractivity contribution in [2.75, 3.05) is 0 Å². The summed E-state index contributed by atoms with van der Waals surface area (Å²) in [5, 5.41) is 11.2. The van der Waals surface area contributed by atoms with Gasteiger partial charge in [-0.1, -0.05) is 36.4 Å². The first-order chi connectivity index (χ1) is 8.11. The van der Waals surface area contributed by atoms with Gasteiger partial charge >= 0.3 is 0 Å². The predicted octanol–water partition coefficient (Wildman–Crippen LogP) is 3.88. The quantitative estimate of drug-likeness (QED) is 0.577. The van der Waals surface area contributed by atoms with Crippen molar-refractivity contribution < 1.29 is 4.92 Å². The van der Waals surface area contributed by atoms with Crippen LogP contribution in [0, 0.1) is 24.0 Å². The highest BCUT2D eigenvalue weighted by molar-refractivity contribution is 5.76. The standard InChI is InChI=1S/C14H13NO2/c1-10-8-9-13(12-6-4-3-5-7-12)14(11(10)2)15(16)17/h3-9H,1-2H3. The molecule has 0 unspecified atom stereocenters. The van der Waals surface area contributed by atoms with Crippen molar-refractivity contribution in [3.8, 4) is 11.1 Å². The molecule has 2 aromatic carbocycles. The van der Waals surface area contributed by atoms with Crippen molar-refractivity contribution in [1.82, 2.24) is 0 Å². The summed E-state index contributed by atoms with van der Waals surface area (Å²) >= 11 is 0. The molecular weight excluding hydrogens is 214 g/mol. The van der Waals surface area contributed by atoms with Gasteiger partial charge in [-0.2, -0.15) is 0 Å². The van der Waals surface area contributed by atoms with Crippen molar-refractivity contribution in [1.29, 1.82) is 0 Å². The second-order valence-corrected chi connectivity index (χ2v) is 4.03. The molecule has 86 valence electrons. The minimum atomic E-state index is -0.301. The van der Waals surface area contributed by atoms with Crippen LogP contribution in [0.3, 0.4) is 0 Å². The van der Waals surface area contributed by atoms with Gasteiger partial charge in [-0.05, 0) is 31.0 Å². The van der Waals surface area contributed by atoms with E-state index in [0.29, 0.717) is 5.56 Å². The fourth-order valence-electron chi connectivity index (χ4n) is 1.89. The number of benzene rings is 2. The minimum Gasteiger partial charge on any atom is -0.258 e. The minimum absolute atomic E-state index is 0.205. The number of nitro groups is 1. The molecule has 0 aliphatic rings. The van der Waals surface area contributed by atoms with Gasteiger partial charge in [0.05, 0.1) is 10.5 Å². The number of nitro benzene ring substituents is 1. The van der Waals surface area contributed by atoms with Gasteiger partial charge in [0.2, 0.25) is 0 Å². The second kappa shape index (κ2) is 4.37. The molecule has 0 aliphatic heterocycles. The molecule has 2 rings (SSSR count). The van der Waals surface area contributed by atoms with E-state index in [2.05, 4.69) is 0 Å². The monoisotopic (exact) mass is 227 g/mol. The Morgan fingerprint density at radius 3 is 2.24 bits per heavy atom. The Balaban J connectivity index is 2.71. The molecule has 3 heteroatoms. The molecule has 3 nitrogen and oxygen atoms in total. The lowest BCUT2D eigenvalue weighted by Crippen LogP contribution is -1.97. The average molecular weight is 227 g/mol. The van der Waals surface area contributed by atoms with Gasteiger partial charge in [0.1, 0.15) is 0 Å². The molecule has 0 fully saturated rings. The molecule has 0 atom stereocenters. The van der Waals surface area contributed by atoms with Gasteiger partial charge in [-0.3, -0.25) is 10.1 Å². The van der Waals surface area contributed by atoms with Crippen molar-refractivity contribution in [3.63, 3.8) is 0 Å². The number of hydrogen-bond acceptors (Lipinski definition) is 2. The molecule has 2 aromatic rings. The summed E-state index contributed by atoms with van der Waals surface area (Å²) < 4.78 is 0. The van der Waals surface area contributed by atoms with Crippen LogP contribution in [0.5, 0.6) is 0 Å². The largest absolute Gasteiger partial charge is 0.280 e. The Hall–Kier alpha value is -2.16. The van der Waals surface area contributed by atoms with E-state index in [9.17, 15) is 10.1 Å². The van der Waals surface area contributed by atoms with E-state index in [1.807, 2.05) is 49.4 Å². The van der Waals surface area contributed by atoms with E-state index < -0.39 is 0 Å². The van der Waals surface area contributed by atoms with Crippen molar-refractivity contribution >= 4 is 5.69 Å². The van der Waals surface area contributed by atoms with Crippen molar-refractivity contribution in [2.45, 2.75) is 13.8 Å². The van der Waals surface area contributed by atoms with Crippen LogP contribution in [-0.2, 0) is 0 Å². The zero-order valence-corrected chi connectivity index (χ0v) is 9.81. The average Bonchev–Trinajstić information content (AvgIpc) is 2.33. The third-order valence-corrected chi connectivity index (χ3v) is 2.97. The summed E-state index contributed by atoms with van der Waals surface area (Å²) in [5.74, 6) is 0. The third kappa shape index (κ3) is 2.04. The zero-order valence-electron chi connectivity index (χ0n) is 9.81. The molecule has 0 spiro atoms. The molecule has 0 N–H and O–H groups in total. The van der Waals surface area contributed by atoms with E-state index in [1.165, 1.54) is 0 Å². The van der Waals surface area contributed by atoms with Gasteiger partial charge in [-0.15, -0.1) is 0 Å². The maximum absolute atomic E-state index is 11.2. The molecule has 0 aliphatic carbocycles. The SMILES string of the molecule is Cc1ccc(-c2ccccc2)c([N+](=O)[O-])c1C. The molecule has 0 saturated heterocycles. The first-order valence-electron chi connectivity index (χ1n) is 5.41. The summed E-state index contributed by atoms with van der Waals surface area (Å²) in [6.07, 6.45) is 0. The third-order valence-electron chi connectivity index (χ3n) is 2.97. The fraction of sp³-hybridized carbons (Fsp3) is 0.143. The molecule has 0 bridgehead atoms. The van der Waals surface area contributed by atoms with Gasteiger partial charge < -0.3 is 0 Å². The van der Waals surface area contributed by atoms with Crippen molar-refractivity contribution in [3.05, 3.63) is 63.7 Å². The van der Waals surface area contributed by atoms with Crippen LogP contribution in [-0.4, -0.2) is 4.92 Å². The summed E-state index contributed by atoms with van der Waals surface area (Å²) in [7, 11) is 0. The molecule has 17 heavy (non-hydrogen) atoms. The molecule has 0 saturated carbocycles. The molecule has 0 amide bonds. The lowest BCUT2D eigenvalue weighted by atomic mass is 9.98. The number of hydrogen-bond donors (Lipinski definition) is 0. The van der Waals surface area contributed by atoms with Crippen LogP contribution in [0.1, 0.15) is 11.1 Å². The van der Waals surface area contributed by atoms with E-state index in [4.69, 9.17) is 0 Å². The lowest BCUT2D eigenvalue weighted by molar-refractivity contribution is -0.384. The molecule has 0 aromatic heterocycles. The summed E-state index contributed by atoms with van der Waals surface area (Å²) in [5.41, 5.74) is 3.44. The highest BCUT2D eigenvalue weighted by Gasteiger charge is 2.19. The van der Waals surface area contributed by atoms with Gasteiger partial charge in [0.25, 0.3) is 5.69 Å². The normalized spacial score (nSPS) is 10.2. The predicted molar refractivity (Wildman–Crippen MR) is 68.0 cm³/mol. The molecule has 0 radical (unpaired) electrons. The molecule has 0 heterocycles. The van der Waals surface area contributed by atoms with Crippen LogP contribution in [0.4, 0.5) is 5.69 Å². The van der Waals surface area contributed by atoms with E-state index in [1.54, 1.807) is 6.92 Å². The van der Waals surface area contributed by atoms with Crippen molar-refractivity contribution in [2.24, 2.45) is 0 Å². The second-order valence-electron chi connectivity index (χ2n) is 4.03. The van der Waals surface area contributed by atoms with Crippen LogP contribution >= 0.6 is 0 Å². The Bertz CT molecular complexity index is 562. The first-order valence-corrected chi connectivity index (χ1v) is 5.41. The van der Waals surface area contributed by atoms with Crippen LogP contribution in [0.15, 0.2) is 42.5 Å². The Morgan fingerprint density at radius 2 is 1.65 bits per heavy atom. The Labute approximate surface area is 99.9 Å². The van der Waals surface area contributed by atoms with Gasteiger partial charge in [0, 0.05) is 5.56 Å². The Morgan fingerprint density at radius 1 is 1.00 bits per heavy atom. The zero-order chi connectivity index (χ0) is 12.4. The lowest BCUT2D eigenvalue weighted by Gasteiger charge is -2.07. The van der Waals surface area contributed by atoms with Gasteiger partial charge in [0.15, 0.2) is 0 Å². The number of nitrogens with zero attached hydrogens (tertiary/aromatic N) is 1. The highest BCUT2D eigenvalue weighted by Crippen LogP contribution is 2.33. The van der Waals surface area contributed by atoms with E-state index in [0.717, 1.165) is 16.7 Å². The van der Waals surface area contributed by atoms with E-state index in [-0.39, 0.29) is 10.6 Å². The topological polar surface area (TPSA) is 43.1 Å². The van der Waals surface area contributed by atoms with Gasteiger partial charge in [-0.25, -0.2) is 0 Å². The summed E-state index contributed by atoms with van der Waals surface area (Å²) in [6.45, 7) is 3.68.